The highest BCUT2D eigenvalue weighted by molar-refractivity contribution is 7.89. The van der Waals surface area contributed by atoms with Crippen LogP contribution in [0.15, 0.2) is 15.4 Å². The monoisotopic (exact) mass is 288 g/mol. The van der Waals surface area contributed by atoms with E-state index in [2.05, 4.69) is 0 Å². The molecule has 1 saturated heterocycles. The van der Waals surface area contributed by atoms with Gasteiger partial charge < -0.3 is 14.9 Å². The smallest absolute Gasteiger partial charge is 0.247 e. The highest BCUT2D eigenvalue weighted by Crippen LogP contribution is 2.30. The van der Waals surface area contributed by atoms with E-state index in [-0.39, 0.29) is 11.4 Å². The Kier molecular flexibility index (Phi) is 3.74. The maximum atomic E-state index is 12.7. The lowest BCUT2D eigenvalue weighted by Gasteiger charge is -2.40. The molecule has 0 spiro atoms. The first-order chi connectivity index (χ1) is 8.79. The van der Waals surface area contributed by atoms with Crippen molar-refractivity contribution in [1.29, 1.82) is 0 Å². The molecular formula is C12H20N2O4S. The van der Waals surface area contributed by atoms with Gasteiger partial charge >= 0.3 is 0 Å². The summed E-state index contributed by atoms with van der Waals surface area (Å²) in [6, 6.07) is 1.51. The fraction of sp³-hybridized carbons (Fsp3) is 0.667. The third-order valence-electron chi connectivity index (χ3n) is 3.26. The molecule has 2 heterocycles. The minimum Gasteiger partial charge on any atom is -0.464 e. The number of hydrogen-bond acceptors (Lipinski definition) is 5. The fourth-order valence-corrected chi connectivity index (χ4v) is 4.23. The summed E-state index contributed by atoms with van der Waals surface area (Å²) >= 11 is 0. The second kappa shape index (κ2) is 4.90. The molecule has 0 amide bonds. The van der Waals surface area contributed by atoms with Crippen LogP contribution in [-0.4, -0.2) is 38.0 Å². The number of sulfonamides is 1. The second-order valence-electron chi connectivity index (χ2n) is 5.28. The third-order valence-corrected chi connectivity index (χ3v) is 5.48. The van der Waals surface area contributed by atoms with Crippen molar-refractivity contribution in [1.82, 2.24) is 4.31 Å². The standard InChI is InChI=1S/C12H20N2O4S/c1-9-11(6-10(7-13)18-9)19(15,16)14-4-5-17-8-12(14,2)3/h6H,4-5,7-8,13H2,1-3H3. The van der Waals surface area contributed by atoms with E-state index in [1.54, 1.807) is 6.92 Å². The second-order valence-corrected chi connectivity index (χ2v) is 7.11. The van der Waals surface area contributed by atoms with Crippen molar-refractivity contribution in [2.45, 2.75) is 37.8 Å². The van der Waals surface area contributed by atoms with Gasteiger partial charge in [0.15, 0.2) is 0 Å². The van der Waals surface area contributed by atoms with Gasteiger partial charge in [-0.1, -0.05) is 0 Å². The molecule has 7 heteroatoms. The van der Waals surface area contributed by atoms with E-state index < -0.39 is 15.6 Å². The summed E-state index contributed by atoms with van der Waals surface area (Å²) in [5.74, 6) is 0.852. The van der Waals surface area contributed by atoms with Crippen molar-refractivity contribution in [3.63, 3.8) is 0 Å². The highest BCUT2D eigenvalue weighted by atomic mass is 32.2. The molecule has 0 radical (unpaired) electrons. The lowest BCUT2D eigenvalue weighted by atomic mass is 10.1. The van der Waals surface area contributed by atoms with Gasteiger partial charge in [0.25, 0.3) is 0 Å². The van der Waals surface area contributed by atoms with E-state index in [9.17, 15) is 8.42 Å². The van der Waals surface area contributed by atoms with Crippen molar-refractivity contribution in [3.05, 3.63) is 17.6 Å². The molecule has 0 aromatic carbocycles. The zero-order valence-electron chi connectivity index (χ0n) is 11.5. The first kappa shape index (κ1) is 14.5. The number of ether oxygens (including phenoxy) is 1. The van der Waals surface area contributed by atoms with Gasteiger partial charge in [-0.2, -0.15) is 4.31 Å². The largest absolute Gasteiger partial charge is 0.464 e. The molecule has 2 rings (SSSR count). The summed E-state index contributed by atoms with van der Waals surface area (Å²) in [7, 11) is -3.59. The zero-order valence-corrected chi connectivity index (χ0v) is 12.3. The van der Waals surface area contributed by atoms with Crippen molar-refractivity contribution in [2.24, 2.45) is 5.73 Å². The molecule has 0 saturated carbocycles. The SMILES string of the molecule is Cc1oc(CN)cc1S(=O)(=O)N1CCOCC1(C)C. The lowest BCUT2D eigenvalue weighted by Crippen LogP contribution is -2.55. The topological polar surface area (TPSA) is 85.8 Å². The number of hydrogen-bond donors (Lipinski definition) is 1. The van der Waals surface area contributed by atoms with Crippen LogP contribution < -0.4 is 5.73 Å². The molecule has 0 unspecified atom stereocenters. The normalized spacial score (nSPS) is 20.6. The van der Waals surface area contributed by atoms with Gasteiger partial charge in [0, 0.05) is 12.6 Å². The molecular weight excluding hydrogens is 268 g/mol. The van der Waals surface area contributed by atoms with E-state index in [0.717, 1.165) is 0 Å². The first-order valence-electron chi connectivity index (χ1n) is 6.19. The molecule has 0 aliphatic carbocycles. The van der Waals surface area contributed by atoms with Crippen LogP contribution in [0.5, 0.6) is 0 Å². The molecule has 19 heavy (non-hydrogen) atoms. The number of rotatable bonds is 3. The highest BCUT2D eigenvalue weighted by Gasteiger charge is 2.41. The molecule has 1 aromatic heterocycles. The van der Waals surface area contributed by atoms with Crippen molar-refractivity contribution >= 4 is 10.0 Å². The molecule has 1 aliphatic rings. The molecule has 1 fully saturated rings. The predicted octanol–water partition coefficient (Wildman–Crippen LogP) is 0.846. The third kappa shape index (κ3) is 2.55. The van der Waals surface area contributed by atoms with Crippen LogP contribution in [0, 0.1) is 6.92 Å². The van der Waals surface area contributed by atoms with Gasteiger partial charge in [0.1, 0.15) is 16.4 Å². The minimum atomic E-state index is -3.59. The molecule has 0 bridgehead atoms. The van der Waals surface area contributed by atoms with Crippen LogP contribution in [0.25, 0.3) is 0 Å². The summed E-state index contributed by atoms with van der Waals surface area (Å²) < 4.78 is 37.6. The summed E-state index contributed by atoms with van der Waals surface area (Å²) in [5.41, 5.74) is 4.92. The average Bonchev–Trinajstić information content (AvgIpc) is 2.70. The summed E-state index contributed by atoms with van der Waals surface area (Å²) in [5, 5.41) is 0. The Bertz CT molecular complexity index is 562. The average molecular weight is 288 g/mol. The number of nitrogens with two attached hydrogens (primary N) is 1. The molecule has 108 valence electrons. The zero-order chi connectivity index (χ0) is 14.3. The predicted molar refractivity (Wildman–Crippen MR) is 70.1 cm³/mol. The van der Waals surface area contributed by atoms with E-state index in [1.165, 1.54) is 10.4 Å². The summed E-state index contributed by atoms with van der Waals surface area (Å²) in [4.78, 5) is 0.197. The number of nitrogens with zero attached hydrogens (tertiary/aromatic N) is 1. The number of furan rings is 1. The van der Waals surface area contributed by atoms with Gasteiger partial charge in [0.05, 0.1) is 25.3 Å². The molecule has 0 atom stereocenters. The Morgan fingerprint density at radius 2 is 2.16 bits per heavy atom. The number of aryl methyl sites for hydroxylation is 1. The Hall–Kier alpha value is -0.890. The minimum absolute atomic E-state index is 0.183. The quantitative estimate of drug-likeness (QED) is 0.891. The van der Waals surface area contributed by atoms with Crippen LogP contribution in [-0.2, 0) is 21.3 Å². The molecule has 2 N–H and O–H groups in total. The van der Waals surface area contributed by atoms with Gasteiger partial charge in [-0.25, -0.2) is 8.42 Å². The molecule has 1 aliphatic heterocycles. The molecule has 1 aromatic rings. The Labute approximate surface area is 113 Å². The van der Waals surface area contributed by atoms with Crippen molar-refractivity contribution in [2.75, 3.05) is 19.8 Å². The van der Waals surface area contributed by atoms with E-state index in [1.807, 2.05) is 13.8 Å². The van der Waals surface area contributed by atoms with Crippen LogP contribution in [0.4, 0.5) is 0 Å². The van der Waals surface area contributed by atoms with Crippen LogP contribution in [0.2, 0.25) is 0 Å². The van der Waals surface area contributed by atoms with Crippen molar-refractivity contribution in [3.8, 4) is 0 Å². The van der Waals surface area contributed by atoms with Crippen LogP contribution >= 0.6 is 0 Å². The van der Waals surface area contributed by atoms with E-state index in [0.29, 0.717) is 31.3 Å². The number of morpholine rings is 1. The first-order valence-corrected chi connectivity index (χ1v) is 7.63. The molecule has 6 nitrogen and oxygen atoms in total. The maximum Gasteiger partial charge on any atom is 0.247 e. The van der Waals surface area contributed by atoms with Gasteiger partial charge in [-0.15, -0.1) is 0 Å². The lowest BCUT2D eigenvalue weighted by molar-refractivity contribution is -0.00774. The maximum absolute atomic E-state index is 12.7. The van der Waals surface area contributed by atoms with Crippen LogP contribution in [0.1, 0.15) is 25.4 Å². The Morgan fingerprint density at radius 3 is 2.68 bits per heavy atom. The van der Waals surface area contributed by atoms with Gasteiger partial charge in [0.2, 0.25) is 10.0 Å². The van der Waals surface area contributed by atoms with Crippen molar-refractivity contribution < 1.29 is 17.6 Å². The van der Waals surface area contributed by atoms with Crippen LogP contribution in [0.3, 0.4) is 0 Å². The summed E-state index contributed by atoms with van der Waals surface area (Å²) in [6.45, 7) is 6.66. The Balaban J connectivity index is 2.43. The Morgan fingerprint density at radius 1 is 1.47 bits per heavy atom. The fourth-order valence-electron chi connectivity index (χ4n) is 2.29. The van der Waals surface area contributed by atoms with Gasteiger partial charge in [-0.05, 0) is 20.8 Å². The van der Waals surface area contributed by atoms with E-state index >= 15 is 0 Å². The van der Waals surface area contributed by atoms with Gasteiger partial charge in [-0.3, -0.25) is 0 Å². The summed E-state index contributed by atoms with van der Waals surface area (Å²) in [6.07, 6.45) is 0. The van der Waals surface area contributed by atoms with E-state index in [4.69, 9.17) is 14.9 Å².